The van der Waals surface area contributed by atoms with Gasteiger partial charge < -0.3 is 0 Å². The van der Waals surface area contributed by atoms with Crippen molar-refractivity contribution in [2.75, 3.05) is 16.8 Å². The molecule has 1 aromatic carbocycles. The zero-order chi connectivity index (χ0) is 14.0. The van der Waals surface area contributed by atoms with Crippen molar-refractivity contribution in [3.63, 3.8) is 0 Å². The Kier molecular flexibility index (Phi) is 5.06. The van der Waals surface area contributed by atoms with Crippen molar-refractivity contribution in [3.8, 4) is 0 Å². The van der Waals surface area contributed by atoms with Crippen LogP contribution in [0.3, 0.4) is 0 Å². The first-order valence-electron chi connectivity index (χ1n) is 6.11. The summed E-state index contributed by atoms with van der Waals surface area (Å²) in [4.78, 5) is 0. The summed E-state index contributed by atoms with van der Waals surface area (Å²) in [6.07, 6.45) is 1.51. The molecule has 19 heavy (non-hydrogen) atoms. The smallest absolute Gasteiger partial charge is 0.150 e. The van der Waals surface area contributed by atoms with Crippen LogP contribution in [-0.4, -0.2) is 25.3 Å². The van der Waals surface area contributed by atoms with Crippen molar-refractivity contribution in [2.45, 2.75) is 12.8 Å². The number of rotatable bonds is 4. The topological polar surface area (TPSA) is 34.1 Å². The average Bonchev–Trinajstić information content (AvgIpc) is 2.71. The highest BCUT2D eigenvalue weighted by Crippen LogP contribution is 2.30. The van der Waals surface area contributed by atoms with Crippen LogP contribution in [0.2, 0.25) is 0 Å². The molecule has 1 aliphatic rings. The minimum Gasteiger partial charge on any atom is -0.229 e. The summed E-state index contributed by atoms with van der Waals surface area (Å²) in [5, 5.41) is 0.766. The third-order valence-electron chi connectivity index (χ3n) is 3.61. The molecule has 2 atom stereocenters. The quantitative estimate of drug-likeness (QED) is 0.707. The first-order chi connectivity index (χ1) is 8.91. The van der Waals surface area contributed by atoms with Crippen molar-refractivity contribution >= 4 is 41.7 Å². The van der Waals surface area contributed by atoms with Gasteiger partial charge >= 0.3 is 0 Å². The van der Waals surface area contributed by atoms with E-state index in [4.69, 9.17) is 0 Å². The van der Waals surface area contributed by atoms with E-state index in [1.165, 1.54) is 6.07 Å². The summed E-state index contributed by atoms with van der Waals surface area (Å²) in [5.41, 5.74) is 1.03. The number of halogens is 3. The SMILES string of the molecule is O=S1(=O)CCC(C(CBr)Cc2ccc(F)c(Br)c2)C1. The number of hydrogen-bond donors (Lipinski definition) is 0. The van der Waals surface area contributed by atoms with E-state index < -0.39 is 9.84 Å². The Hall–Kier alpha value is 0.0600. The van der Waals surface area contributed by atoms with Gasteiger partial charge in [0.15, 0.2) is 9.84 Å². The first kappa shape index (κ1) is 15.4. The molecule has 2 rings (SSSR count). The second-order valence-electron chi connectivity index (χ2n) is 5.03. The van der Waals surface area contributed by atoms with Crippen LogP contribution in [0, 0.1) is 17.7 Å². The second kappa shape index (κ2) is 6.22. The summed E-state index contributed by atoms with van der Waals surface area (Å²) in [6.45, 7) is 0. The lowest BCUT2D eigenvalue weighted by atomic mass is 9.88. The molecule has 2 nitrogen and oxygen atoms in total. The van der Waals surface area contributed by atoms with Crippen LogP contribution in [0.15, 0.2) is 22.7 Å². The summed E-state index contributed by atoms with van der Waals surface area (Å²) in [5.74, 6) is 0.783. The van der Waals surface area contributed by atoms with Crippen LogP contribution >= 0.6 is 31.9 Å². The standard InChI is InChI=1S/C13H15Br2FO2S/c14-7-11(10-3-4-19(17,18)8-10)5-9-1-2-13(16)12(15)6-9/h1-2,6,10-11H,3-5,7-8H2. The molecule has 0 aromatic heterocycles. The molecule has 1 saturated heterocycles. The maximum Gasteiger partial charge on any atom is 0.150 e. The van der Waals surface area contributed by atoms with Crippen molar-refractivity contribution in [3.05, 3.63) is 34.1 Å². The third-order valence-corrected chi connectivity index (χ3v) is 6.85. The van der Waals surface area contributed by atoms with E-state index in [1.54, 1.807) is 12.1 Å². The van der Waals surface area contributed by atoms with Crippen LogP contribution in [0.1, 0.15) is 12.0 Å². The van der Waals surface area contributed by atoms with E-state index in [2.05, 4.69) is 31.9 Å². The predicted octanol–water partition coefficient (Wildman–Crippen LogP) is 3.58. The molecule has 1 aliphatic heterocycles. The minimum atomic E-state index is -2.85. The summed E-state index contributed by atoms with van der Waals surface area (Å²) in [7, 11) is -2.85. The zero-order valence-electron chi connectivity index (χ0n) is 10.3. The van der Waals surface area contributed by atoms with Crippen molar-refractivity contribution in [1.29, 1.82) is 0 Å². The largest absolute Gasteiger partial charge is 0.229 e. The molecule has 0 radical (unpaired) electrons. The van der Waals surface area contributed by atoms with Gasteiger partial charge in [-0.05, 0) is 58.3 Å². The molecule has 1 fully saturated rings. The van der Waals surface area contributed by atoms with Gasteiger partial charge in [0.2, 0.25) is 0 Å². The highest BCUT2D eigenvalue weighted by atomic mass is 79.9. The van der Waals surface area contributed by atoms with Gasteiger partial charge in [0.1, 0.15) is 5.82 Å². The molecule has 0 spiro atoms. The number of alkyl halides is 1. The maximum atomic E-state index is 13.2. The molecule has 1 heterocycles. The summed E-state index contributed by atoms with van der Waals surface area (Å²) >= 11 is 6.65. The molecule has 0 saturated carbocycles. The van der Waals surface area contributed by atoms with E-state index in [1.807, 2.05) is 0 Å². The van der Waals surface area contributed by atoms with Crippen LogP contribution in [0.4, 0.5) is 4.39 Å². The van der Waals surface area contributed by atoms with Gasteiger partial charge in [0, 0.05) is 5.33 Å². The van der Waals surface area contributed by atoms with Crippen LogP contribution in [-0.2, 0) is 16.3 Å². The van der Waals surface area contributed by atoms with Gasteiger partial charge in [-0.1, -0.05) is 22.0 Å². The molecule has 1 aromatic rings. The monoisotopic (exact) mass is 412 g/mol. The van der Waals surface area contributed by atoms with E-state index in [0.29, 0.717) is 10.2 Å². The van der Waals surface area contributed by atoms with Gasteiger partial charge in [-0.2, -0.15) is 0 Å². The average molecular weight is 414 g/mol. The Labute approximate surface area is 130 Å². The van der Waals surface area contributed by atoms with E-state index in [9.17, 15) is 12.8 Å². The minimum absolute atomic E-state index is 0.202. The Morgan fingerprint density at radius 2 is 2.16 bits per heavy atom. The molecular formula is C13H15Br2FO2S. The van der Waals surface area contributed by atoms with E-state index in [0.717, 1.165) is 23.7 Å². The Balaban J connectivity index is 2.09. The van der Waals surface area contributed by atoms with Crippen molar-refractivity contribution < 1.29 is 12.8 Å². The first-order valence-corrected chi connectivity index (χ1v) is 9.85. The van der Waals surface area contributed by atoms with Gasteiger partial charge in [0.05, 0.1) is 16.0 Å². The molecule has 106 valence electrons. The van der Waals surface area contributed by atoms with Crippen LogP contribution in [0.5, 0.6) is 0 Å². The van der Waals surface area contributed by atoms with Crippen molar-refractivity contribution in [1.82, 2.24) is 0 Å². The van der Waals surface area contributed by atoms with Gasteiger partial charge in [-0.3, -0.25) is 0 Å². The van der Waals surface area contributed by atoms with Gasteiger partial charge in [0.25, 0.3) is 0 Å². The van der Waals surface area contributed by atoms with Gasteiger partial charge in [-0.25, -0.2) is 12.8 Å². The molecular weight excluding hydrogens is 399 g/mol. The van der Waals surface area contributed by atoms with Crippen LogP contribution < -0.4 is 0 Å². The second-order valence-corrected chi connectivity index (χ2v) is 8.76. The Bertz CT molecular complexity index is 560. The molecule has 0 bridgehead atoms. The van der Waals surface area contributed by atoms with Crippen LogP contribution in [0.25, 0.3) is 0 Å². The normalized spacial score (nSPS) is 23.4. The fourth-order valence-electron chi connectivity index (χ4n) is 2.51. The molecule has 2 unspecified atom stereocenters. The highest BCUT2D eigenvalue weighted by molar-refractivity contribution is 9.10. The number of benzene rings is 1. The number of hydrogen-bond acceptors (Lipinski definition) is 2. The highest BCUT2D eigenvalue weighted by Gasteiger charge is 2.33. The van der Waals surface area contributed by atoms with Crippen molar-refractivity contribution in [2.24, 2.45) is 11.8 Å². The lowest BCUT2D eigenvalue weighted by Crippen LogP contribution is -2.20. The zero-order valence-corrected chi connectivity index (χ0v) is 14.3. The number of sulfone groups is 1. The Morgan fingerprint density at radius 3 is 2.68 bits per heavy atom. The van der Waals surface area contributed by atoms with E-state index in [-0.39, 0.29) is 23.4 Å². The summed E-state index contributed by atoms with van der Waals surface area (Å²) in [6, 6.07) is 4.98. The van der Waals surface area contributed by atoms with Gasteiger partial charge in [-0.15, -0.1) is 0 Å². The van der Waals surface area contributed by atoms with E-state index >= 15 is 0 Å². The fraction of sp³-hybridized carbons (Fsp3) is 0.538. The molecule has 6 heteroatoms. The lowest BCUT2D eigenvalue weighted by Gasteiger charge is -2.20. The lowest BCUT2D eigenvalue weighted by molar-refractivity contribution is 0.402. The molecule has 0 N–H and O–H groups in total. The molecule has 0 aliphatic carbocycles. The predicted molar refractivity (Wildman–Crippen MR) is 81.8 cm³/mol. The fourth-order valence-corrected chi connectivity index (χ4v) is 5.62. The maximum absolute atomic E-state index is 13.2. The molecule has 0 amide bonds. The Morgan fingerprint density at radius 1 is 1.42 bits per heavy atom. The third kappa shape index (κ3) is 4.02. The summed E-state index contributed by atoms with van der Waals surface area (Å²) < 4.78 is 36.7.